The minimum Gasteiger partial charge on any atom is -0.478 e. The number of nitrogens with one attached hydrogen (secondary N) is 2. The fourth-order valence-corrected chi connectivity index (χ4v) is 3.50. The number of nitrogens with zero attached hydrogens (tertiary/aromatic N) is 2. The maximum absolute atomic E-state index is 12.4. The van der Waals surface area contributed by atoms with Gasteiger partial charge in [-0.25, -0.2) is 9.59 Å². The zero-order valence-electron chi connectivity index (χ0n) is 18.1. The van der Waals surface area contributed by atoms with E-state index < -0.39 is 24.0 Å². The zero-order valence-corrected chi connectivity index (χ0v) is 18.9. The van der Waals surface area contributed by atoms with Crippen LogP contribution in [-0.4, -0.2) is 39.1 Å². The van der Waals surface area contributed by atoms with Crippen molar-refractivity contribution in [3.8, 4) is 5.75 Å². The first-order chi connectivity index (χ1) is 16.9. The average molecular weight is 491 g/mol. The average Bonchev–Trinajstić information content (AvgIpc) is 2.85. The quantitative estimate of drug-likeness (QED) is 0.351. The van der Waals surface area contributed by atoms with Crippen LogP contribution in [0.15, 0.2) is 79.1 Å². The number of carboxylic acids is 1. The van der Waals surface area contributed by atoms with Crippen molar-refractivity contribution in [1.29, 1.82) is 0 Å². The minimum absolute atomic E-state index is 0.0986. The normalized spacial score (nSPS) is 11.5. The van der Waals surface area contributed by atoms with E-state index in [0.29, 0.717) is 11.0 Å². The molecule has 1 atom stereocenters. The van der Waals surface area contributed by atoms with Crippen LogP contribution in [0.5, 0.6) is 5.75 Å². The molecule has 3 amide bonds. The van der Waals surface area contributed by atoms with Crippen LogP contribution in [0.2, 0.25) is 5.02 Å². The molecule has 9 nitrogen and oxygen atoms in total. The van der Waals surface area contributed by atoms with Gasteiger partial charge in [-0.15, -0.1) is 0 Å². The molecule has 4 aromatic rings. The molecule has 0 radical (unpaired) electrons. The van der Waals surface area contributed by atoms with Crippen molar-refractivity contribution in [1.82, 2.24) is 15.3 Å². The summed E-state index contributed by atoms with van der Waals surface area (Å²) in [5.41, 5.74) is 2.48. The lowest BCUT2D eigenvalue weighted by Gasteiger charge is -2.17. The van der Waals surface area contributed by atoms with Crippen LogP contribution < -0.4 is 15.4 Å². The Labute approximate surface area is 204 Å². The van der Waals surface area contributed by atoms with Crippen molar-refractivity contribution in [2.45, 2.75) is 12.5 Å². The number of hydrogen-bond donors (Lipinski definition) is 3. The number of aliphatic carboxylic acids is 1. The summed E-state index contributed by atoms with van der Waals surface area (Å²) in [4.78, 5) is 44.6. The van der Waals surface area contributed by atoms with E-state index >= 15 is 0 Å². The highest BCUT2D eigenvalue weighted by molar-refractivity contribution is 6.32. The van der Waals surface area contributed by atoms with Crippen LogP contribution in [0.1, 0.15) is 15.9 Å². The molecule has 0 fully saturated rings. The number of hydrogen-bond acceptors (Lipinski definition) is 6. The Morgan fingerprint density at radius 3 is 2.40 bits per heavy atom. The summed E-state index contributed by atoms with van der Waals surface area (Å²) in [6.45, 7) is 0. The summed E-state index contributed by atoms with van der Waals surface area (Å²) in [6, 6.07) is 17.3. The smallest absolute Gasteiger partial charge is 0.345 e. The van der Waals surface area contributed by atoms with E-state index in [0.717, 1.165) is 5.56 Å². The number of amides is 3. The van der Waals surface area contributed by atoms with Gasteiger partial charge >= 0.3 is 12.0 Å². The van der Waals surface area contributed by atoms with Crippen molar-refractivity contribution in [2.24, 2.45) is 0 Å². The first-order valence-electron chi connectivity index (χ1n) is 10.4. The second kappa shape index (κ2) is 10.6. The number of imide groups is 1. The molecule has 0 aliphatic heterocycles. The summed E-state index contributed by atoms with van der Waals surface area (Å²) in [6.07, 6.45) is 2.05. The molecular weight excluding hydrogens is 472 g/mol. The number of halogens is 1. The summed E-state index contributed by atoms with van der Waals surface area (Å²) >= 11 is 6.25. The molecule has 0 spiro atoms. The topological polar surface area (TPSA) is 131 Å². The SMILES string of the molecule is O=C(NC(=O)c1ccc2nccnc2c1)Nc1ccc(OC(Cc2ccccc2)C(=O)O)c(Cl)c1. The van der Waals surface area contributed by atoms with Gasteiger partial charge in [0.15, 0.2) is 6.10 Å². The van der Waals surface area contributed by atoms with Crippen LogP contribution in [0.3, 0.4) is 0 Å². The molecule has 0 bridgehead atoms. The van der Waals surface area contributed by atoms with Gasteiger partial charge in [0, 0.05) is 30.1 Å². The standard InChI is InChI=1S/C25H19ClN4O5/c26-18-14-17(7-9-21(18)35-22(24(32)33)12-15-4-2-1-3-5-15)29-25(34)30-23(31)16-6-8-19-20(13-16)28-11-10-27-19/h1-11,13-14,22H,12H2,(H,32,33)(H2,29,30,31,34). The molecule has 176 valence electrons. The maximum atomic E-state index is 12.4. The zero-order chi connectivity index (χ0) is 24.8. The van der Waals surface area contributed by atoms with E-state index in [1.165, 1.54) is 36.5 Å². The second-order valence-corrected chi connectivity index (χ2v) is 7.85. The molecule has 10 heteroatoms. The van der Waals surface area contributed by atoms with Gasteiger partial charge in [-0.05, 0) is 42.0 Å². The van der Waals surface area contributed by atoms with Crippen LogP contribution >= 0.6 is 11.6 Å². The van der Waals surface area contributed by atoms with E-state index in [-0.39, 0.29) is 28.4 Å². The Morgan fingerprint density at radius 2 is 1.69 bits per heavy atom. The van der Waals surface area contributed by atoms with Crippen LogP contribution in [0.4, 0.5) is 10.5 Å². The maximum Gasteiger partial charge on any atom is 0.345 e. The highest BCUT2D eigenvalue weighted by Gasteiger charge is 2.21. The van der Waals surface area contributed by atoms with Gasteiger partial charge in [0.05, 0.1) is 16.1 Å². The van der Waals surface area contributed by atoms with Crippen LogP contribution in [0, 0.1) is 0 Å². The number of aromatic nitrogens is 2. The van der Waals surface area contributed by atoms with Crippen molar-refractivity contribution >= 4 is 46.2 Å². The number of ether oxygens (including phenoxy) is 1. The van der Waals surface area contributed by atoms with E-state index in [9.17, 15) is 19.5 Å². The van der Waals surface area contributed by atoms with Gasteiger partial charge in [-0.3, -0.25) is 20.1 Å². The molecule has 3 aromatic carbocycles. The van der Waals surface area contributed by atoms with Crippen LogP contribution in [0.25, 0.3) is 11.0 Å². The van der Waals surface area contributed by atoms with Crippen molar-refractivity contribution in [3.63, 3.8) is 0 Å². The first kappa shape index (κ1) is 23.7. The number of anilines is 1. The molecule has 0 saturated carbocycles. The monoisotopic (exact) mass is 490 g/mol. The minimum atomic E-state index is -1.15. The van der Waals surface area contributed by atoms with E-state index in [1.54, 1.807) is 24.4 Å². The number of urea groups is 1. The van der Waals surface area contributed by atoms with E-state index in [4.69, 9.17) is 16.3 Å². The van der Waals surface area contributed by atoms with Gasteiger partial charge in [0.25, 0.3) is 5.91 Å². The molecule has 1 unspecified atom stereocenters. The highest BCUT2D eigenvalue weighted by Crippen LogP contribution is 2.29. The third-order valence-corrected chi connectivity index (χ3v) is 5.25. The fraction of sp³-hybridized carbons (Fsp3) is 0.0800. The Bertz CT molecular complexity index is 1400. The Morgan fingerprint density at radius 1 is 0.943 bits per heavy atom. The summed E-state index contributed by atoms with van der Waals surface area (Å²) < 4.78 is 5.60. The number of rotatable bonds is 7. The van der Waals surface area contributed by atoms with Crippen molar-refractivity contribution < 1.29 is 24.2 Å². The lowest BCUT2D eigenvalue weighted by molar-refractivity contribution is -0.145. The predicted octanol–water partition coefficient (Wildman–Crippen LogP) is 4.32. The Hall–Kier alpha value is -4.50. The fourth-order valence-electron chi connectivity index (χ4n) is 3.28. The van der Waals surface area contributed by atoms with Gasteiger partial charge in [-0.2, -0.15) is 0 Å². The molecule has 1 heterocycles. The number of carbonyl (C=O) groups is 3. The molecule has 4 rings (SSSR count). The van der Waals surface area contributed by atoms with Gasteiger partial charge in [0.2, 0.25) is 0 Å². The summed E-state index contributed by atoms with van der Waals surface area (Å²) in [7, 11) is 0. The van der Waals surface area contributed by atoms with Gasteiger partial charge in [0.1, 0.15) is 5.75 Å². The lowest BCUT2D eigenvalue weighted by Crippen LogP contribution is -2.34. The van der Waals surface area contributed by atoms with Crippen molar-refractivity contribution in [3.05, 3.63) is 95.3 Å². The molecule has 0 aliphatic rings. The molecule has 1 aromatic heterocycles. The molecule has 3 N–H and O–H groups in total. The third kappa shape index (κ3) is 6.10. The van der Waals surface area contributed by atoms with E-state index in [1.807, 2.05) is 18.2 Å². The molecule has 35 heavy (non-hydrogen) atoms. The van der Waals surface area contributed by atoms with Crippen molar-refractivity contribution in [2.75, 3.05) is 5.32 Å². The van der Waals surface area contributed by atoms with Crippen LogP contribution in [-0.2, 0) is 11.2 Å². The highest BCUT2D eigenvalue weighted by atomic mass is 35.5. The van der Waals surface area contributed by atoms with E-state index in [2.05, 4.69) is 20.6 Å². The largest absolute Gasteiger partial charge is 0.478 e. The van der Waals surface area contributed by atoms with Gasteiger partial charge < -0.3 is 15.2 Å². The lowest BCUT2D eigenvalue weighted by atomic mass is 10.1. The first-order valence-corrected chi connectivity index (χ1v) is 10.8. The molecule has 0 aliphatic carbocycles. The molecular formula is C25H19ClN4O5. The number of fused-ring (bicyclic) bond motifs is 1. The number of carboxylic acid groups (broad SMARTS) is 1. The predicted molar refractivity (Wildman–Crippen MR) is 130 cm³/mol. The number of carbonyl (C=O) groups excluding carboxylic acids is 2. The summed E-state index contributed by atoms with van der Waals surface area (Å²) in [5.74, 6) is -1.61. The summed E-state index contributed by atoms with van der Waals surface area (Å²) in [5, 5.41) is 14.4. The third-order valence-electron chi connectivity index (χ3n) is 4.96. The number of benzene rings is 3. The second-order valence-electron chi connectivity index (χ2n) is 7.45. The Balaban J connectivity index is 1.38. The van der Waals surface area contributed by atoms with Gasteiger partial charge in [-0.1, -0.05) is 41.9 Å². The Kier molecular flexibility index (Phi) is 7.18. The molecule has 0 saturated heterocycles.